The monoisotopic (exact) mass is 288 g/mol. The molecule has 0 aliphatic carbocycles. The zero-order chi connectivity index (χ0) is 15.4. The van der Waals surface area contributed by atoms with E-state index in [1.165, 1.54) is 0 Å². The van der Waals surface area contributed by atoms with Crippen molar-refractivity contribution in [2.75, 3.05) is 13.1 Å². The largest absolute Gasteiger partial charge is 0.480 e. The summed E-state index contributed by atoms with van der Waals surface area (Å²) in [5.41, 5.74) is 0. The molecule has 0 rings (SSSR count). The van der Waals surface area contributed by atoms with Crippen molar-refractivity contribution >= 4 is 11.9 Å². The summed E-state index contributed by atoms with van der Waals surface area (Å²) in [5.74, 6) is -1.61. The summed E-state index contributed by atoms with van der Waals surface area (Å²) in [6, 6.07) is -0.945. The molecule has 0 heterocycles. The first kappa shape index (κ1) is 18.9. The molecule has 118 valence electrons. The van der Waals surface area contributed by atoms with Gasteiger partial charge >= 0.3 is 11.9 Å². The van der Waals surface area contributed by atoms with Crippen LogP contribution in [-0.4, -0.2) is 47.3 Å². The Bertz CT molecular complexity index is 256. The van der Waals surface area contributed by atoms with Crippen LogP contribution in [0.25, 0.3) is 0 Å². The molecule has 0 saturated carbocycles. The van der Waals surface area contributed by atoms with E-state index < -0.39 is 24.0 Å². The second kappa shape index (κ2) is 11.7. The Hall–Kier alpha value is -1.14. The number of carboxylic acid groups (broad SMARTS) is 2. The first-order chi connectivity index (χ1) is 9.52. The van der Waals surface area contributed by atoms with Crippen molar-refractivity contribution in [1.29, 1.82) is 0 Å². The van der Waals surface area contributed by atoms with Crippen molar-refractivity contribution in [2.45, 2.75) is 64.5 Å². The van der Waals surface area contributed by atoms with Gasteiger partial charge in [0.2, 0.25) is 0 Å². The summed E-state index contributed by atoms with van der Waals surface area (Å²) in [6.07, 6.45) is 4.60. The van der Waals surface area contributed by atoms with Crippen LogP contribution in [0.2, 0.25) is 0 Å². The highest BCUT2D eigenvalue weighted by atomic mass is 16.4. The second-order valence-corrected chi connectivity index (χ2v) is 4.97. The van der Waals surface area contributed by atoms with Crippen molar-refractivity contribution in [3.05, 3.63) is 0 Å². The van der Waals surface area contributed by atoms with Gasteiger partial charge < -0.3 is 20.8 Å². The van der Waals surface area contributed by atoms with Crippen LogP contribution in [0.4, 0.5) is 0 Å². The SMILES string of the molecule is CCCC(NCCCCNC(CCC)C(=O)O)C(=O)O. The van der Waals surface area contributed by atoms with Crippen LogP contribution >= 0.6 is 0 Å². The summed E-state index contributed by atoms with van der Waals surface area (Å²) in [5, 5.41) is 23.9. The predicted octanol–water partition coefficient (Wildman–Crippen LogP) is 1.45. The van der Waals surface area contributed by atoms with Gasteiger partial charge in [0, 0.05) is 0 Å². The van der Waals surface area contributed by atoms with Crippen LogP contribution in [0.15, 0.2) is 0 Å². The van der Waals surface area contributed by atoms with Gasteiger partial charge in [-0.1, -0.05) is 26.7 Å². The van der Waals surface area contributed by atoms with Crippen LogP contribution in [0, 0.1) is 0 Å². The van der Waals surface area contributed by atoms with E-state index in [0.717, 1.165) is 25.7 Å². The predicted molar refractivity (Wildman–Crippen MR) is 77.9 cm³/mol. The lowest BCUT2D eigenvalue weighted by Crippen LogP contribution is -2.38. The van der Waals surface area contributed by atoms with Gasteiger partial charge in [-0.05, 0) is 38.8 Å². The molecule has 0 bridgehead atoms. The van der Waals surface area contributed by atoms with Crippen LogP contribution in [-0.2, 0) is 9.59 Å². The average molecular weight is 288 g/mol. The quantitative estimate of drug-likeness (QED) is 0.383. The normalized spacial score (nSPS) is 13.9. The van der Waals surface area contributed by atoms with E-state index in [-0.39, 0.29) is 0 Å². The molecule has 0 aromatic rings. The maximum atomic E-state index is 10.9. The number of hydrogen-bond acceptors (Lipinski definition) is 4. The summed E-state index contributed by atoms with van der Waals surface area (Å²) >= 11 is 0. The minimum atomic E-state index is -0.807. The third-order valence-electron chi connectivity index (χ3n) is 3.14. The Morgan fingerprint density at radius 2 is 1.20 bits per heavy atom. The van der Waals surface area contributed by atoms with Gasteiger partial charge in [-0.3, -0.25) is 9.59 Å². The molecule has 6 heteroatoms. The van der Waals surface area contributed by atoms with Gasteiger partial charge in [-0.25, -0.2) is 0 Å². The topological polar surface area (TPSA) is 98.7 Å². The third-order valence-corrected chi connectivity index (χ3v) is 3.14. The first-order valence-electron chi connectivity index (χ1n) is 7.45. The molecular weight excluding hydrogens is 260 g/mol. The molecule has 2 atom stereocenters. The van der Waals surface area contributed by atoms with Crippen molar-refractivity contribution in [2.24, 2.45) is 0 Å². The number of unbranched alkanes of at least 4 members (excludes halogenated alkanes) is 1. The van der Waals surface area contributed by atoms with E-state index in [0.29, 0.717) is 25.9 Å². The number of aliphatic carboxylic acids is 2. The molecule has 0 spiro atoms. The van der Waals surface area contributed by atoms with Gasteiger partial charge in [0.15, 0.2) is 0 Å². The van der Waals surface area contributed by atoms with Crippen molar-refractivity contribution < 1.29 is 19.8 Å². The summed E-state index contributed by atoms with van der Waals surface area (Å²) in [4.78, 5) is 21.8. The van der Waals surface area contributed by atoms with Gasteiger partial charge in [0.05, 0.1) is 0 Å². The number of hydrogen-bond donors (Lipinski definition) is 4. The zero-order valence-electron chi connectivity index (χ0n) is 12.5. The van der Waals surface area contributed by atoms with Gasteiger partial charge in [0.1, 0.15) is 12.1 Å². The number of carbonyl (C=O) groups is 2. The summed E-state index contributed by atoms with van der Waals surface area (Å²) < 4.78 is 0. The Morgan fingerprint density at radius 1 is 0.850 bits per heavy atom. The number of carboxylic acids is 2. The fraction of sp³-hybridized carbons (Fsp3) is 0.857. The summed E-state index contributed by atoms with van der Waals surface area (Å²) in [7, 11) is 0. The molecule has 0 radical (unpaired) electrons. The summed E-state index contributed by atoms with van der Waals surface area (Å²) in [6.45, 7) is 5.21. The average Bonchev–Trinajstić information content (AvgIpc) is 2.39. The maximum absolute atomic E-state index is 10.9. The smallest absolute Gasteiger partial charge is 0.320 e. The van der Waals surface area contributed by atoms with E-state index in [2.05, 4.69) is 10.6 Å². The highest BCUT2D eigenvalue weighted by Gasteiger charge is 2.15. The minimum Gasteiger partial charge on any atom is -0.480 e. The molecule has 6 nitrogen and oxygen atoms in total. The van der Waals surface area contributed by atoms with Crippen molar-refractivity contribution in [3.8, 4) is 0 Å². The standard InChI is InChI=1S/C14H28N2O4/c1-3-7-11(13(17)18)15-9-5-6-10-16-12(8-4-2)14(19)20/h11-12,15-16H,3-10H2,1-2H3,(H,17,18)(H,19,20). The van der Waals surface area contributed by atoms with Gasteiger partial charge in [0.25, 0.3) is 0 Å². The lowest BCUT2D eigenvalue weighted by Gasteiger charge is -2.15. The van der Waals surface area contributed by atoms with Gasteiger partial charge in [-0.15, -0.1) is 0 Å². The van der Waals surface area contributed by atoms with E-state index >= 15 is 0 Å². The molecule has 0 saturated heterocycles. The lowest BCUT2D eigenvalue weighted by molar-refractivity contribution is -0.140. The van der Waals surface area contributed by atoms with Crippen LogP contribution in [0.5, 0.6) is 0 Å². The fourth-order valence-corrected chi connectivity index (χ4v) is 2.01. The second-order valence-electron chi connectivity index (χ2n) is 4.97. The third kappa shape index (κ3) is 8.87. The van der Waals surface area contributed by atoms with Crippen LogP contribution in [0.3, 0.4) is 0 Å². The maximum Gasteiger partial charge on any atom is 0.320 e. The Morgan fingerprint density at radius 3 is 1.45 bits per heavy atom. The molecule has 0 amide bonds. The lowest BCUT2D eigenvalue weighted by atomic mass is 10.1. The van der Waals surface area contributed by atoms with Crippen molar-refractivity contribution in [3.63, 3.8) is 0 Å². The van der Waals surface area contributed by atoms with Gasteiger partial charge in [-0.2, -0.15) is 0 Å². The molecule has 20 heavy (non-hydrogen) atoms. The molecule has 2 unspecified atom stereocenters. The molecule has 0 aliphatic heterocycles. The molecule has 0 aromatic heterocycles. The zero-order valence-corrected chi connectivity index (χ0v) is 12.5. The van der Waals surface area contributed by atoms with Crippen LogP contribution < -0.4 is 10.6 Å². The molecule has 0 aromatic carbocycles. The van der Waals surface area contributed by atoms with Crippen LogP contribution in [0.1, 0.15) is 52.4 Å². The van der Waals surface area contributed by atoms with E-state index in [4.69, 9.17) is 10.2 Å². The van der Waals surface area contributed by atoms with E-state index in [1.807, 2.05) is 13.8 Å². The Labute approximate surface area is 120 Å². The molecule has 0 fully saturated rings. The Balaban J connectivity index is 3.69. The van der Waals surface area contributed by atoms with E-state index in [1.54, 1.807) is 0 Å². The number of nitrogens with one attached hydrogen (secondary N) is 2. The molecule has 4 N–H and O–H groups in total. The highest BCUT2D eigenvalue weighted by molar-refractivity contribution is 5.73. The van der Waals surface area contributed by atoms with E-state index in [9.17, 15) is 9.59 Å². The number of rotatable bonds is 13. The van der Waals surface area contributed by atoms with Crippen molar-refractivity contribution in [1.82, 2.24) is 10.6 Å². The minimum absolute atomic E-state index is 0.472. The molecular formula is C14H28N2O4. The molecule has 0 aliphatic rings. The Kier molecular flexibility index (Phi) is 11.0. The fourth-order valence-electron chi connectivity index (χ4n) is 2.01. The first-order valence-corrected chi connectivity index (χ1v) is 7.45. The highest BCUT2D eigenvalue weighted by Crippen LogP contribution is 1.99.